The molecule has 3 rings (SSSR count). The molecule has 2 aromatic rings. The van der Waals surface area contributed by atoms with Crippen LogP contribution in [0.15, 0.2) is 18.3 Å². The molecule has 0 radical (unpaired) electrons. The standard InChI is InChI=1S/C15H17F3N6O/c1-19-14(25)10-2-3-12(23-22-10)24-6-4-9(5-7-24)13-20-8-11(21-13)15(16,17)18/h2-3,8-9H,4-7H2,1H3,(H,19,25)(H,20,21). The maximum atomic E-state index is 12.6. The van der Waals surface area contributed by atoms with Gasteiger partial charge in [0.25, 0.3) is 5.91 Å². The van der Waals surface area contributed by atoms with Gasteiger partial charge in [-0.2, -0.15) is 13.2 Å². The SMILES string of the molecule is CNC(=O)c1ccc(N2CCC(c3ncc(C(F)(F)F)[nH]3)CC2)nn1. The Morgan fingerprint density at radius 3 is 2.52 bits per heavy atom. The summed E-state index contributed by atoms with van der Waals surface area (Å²) in [5, 5.41) is 10.4. The van der Waals surface area contributed by atoms with Crippen molar-refractivity contribution in [2.75, 3.05) is 25.0 Å². The quantitative estimate of drug-likeness (QED) is 0.880. The van der Waals surface area contributed by atoms with Crippen LogP contribution in [0.2, 0.25) is 0 Å². The Balaban J connectivity index is 1.62. The van der Waals surface area contributed by atoms with E-state index in [1.54, 1.807) is 12.1 Å². The Bertz CT molecular complexity index is 734. The van der Waals surface area contributed by atoms with E-state index < -0.39 is 11.9 Å². The summed E-state index contributed by atoms with van der Waals surface area (Å²) in [5.41, 5.74) is -0.586. The molecule has 25 heavy (non-hydrogen) atoms. The minimum absolute atomic E-state index is 0.0505. The van der Waals surface area contributed by atoms with Crippen molar-refractivity contribution in [3.63, 3.8) is 0 Å². The lowest BCUT2D eigenvalue weighted by Gasteiger charge is -2.31. The van der Waals surface area contributed by atoms with Gasteiger partial charge in [0.15, 0.2) is 11.5 Å². The highest BCUT2D eigenvalue weighted by Gasteiger charge is 2.34. The van der Waals surface area contributed by atoms with E-state index in [0.717, 1.165) is 6.20 Å². The molecule has 134 valence electrons. The van der Waals surface area contributed by atoms with Gasteiger partial charge in [-0.25, -0.2) is 4.98 Å². The van der Waals surface area contributed by atoms with E-state index in [1.807, 2.05) is 4.90 Å². The minimum Gasteiger partial charge on any atom is -0.355 e. The van der Waals surface area contributed by atoms with Crippen LogP contribution in [0.3, 0.4) is 0 Å². The molecule has 1 aliphatic heterocycles. The molecule has 0 bridgehead atoms. The second kappa shape index (κ2) is 6.69. The van der Waals surface area contributed by atoms with Crippen LogP contribution in [0.5, 0.6) is 0 Å². The van der Waals surface area contributed by atoms with Crippen molar-refractivity contribution >= 4 is 11.7 Å². The van der Waals surface area contributed by atoms with Gasteiger partial charge in [0.2, 0.25) is 0 Å². The summed E-state index contributed by atoms with van der Waals surface area (Å²) in [6.45, 7) is 1.25. The largest absolute Gasteiger partial charge is 0.432 e. The number of aromatic nitrogens is 4. The summed E-state index contributed by atoms with van der Waals surface area (Å²) in [6, 6.07) is 3.31. The van der Waals surface area contributed by atoms with Crippen LogP contribution in [0.25, 0.3) is 0 Å². The first-order valence-corrected chi connectivity index (χ1v) is 7.81. The van der Waals surface area contributed by atoms with Crippen molar-refractivity contribution in [1.29, 1.82) is 0 Å². The molecule has 0 atom stereocenters. The molecule has 2 aromatic heterocycles. The van der Waals surface area contributed by atoms with E-state index in [1.165, 1.54) is 7.05 Å². The van der Waals surface area contributed by atoms with Crippen LogP contribution in [-0.2, 0) is 6.18 Å². The molecule has 0 saturated carbocycles. The maximum Gasteiger partial charge on any atom is 0.432 e. The number of rotatable bonds is 3. The second-order valence-corrected chi connectivity index (χ2v) is 5.80. The summed E-state index contributed by atoms with van der Waals surface area (Å²) in [7, 11) is 1.52. The molecule has 0 aromatic carbocycles. The molecule has 1 fully saturated rings. The third-order valence-electron chi connectivity index (χ3n) is 4.22. The fourth-order valence-corrected chi connectivity index (χ4v) is 2.81. The van der Waals surface area contributed by atoms with Crippen molar-refractivity contribution in [3.8, 4) is 0 Å². The number of halogens is 3. The van der Waals surface area contributed by atoms with E-state index in [9.17, 15) is 18.0 Å². The smallest absolute Gasteiger partial charge is 0.355 e. The van der Waals surface area contributed by atoms with Crippen LogP contribution in [0, 0.1) is 0 Å². The Hall–Kier alpha value is -2.65. The number of piperidine rings is 1. The van der Waals surface area contributed by atoms with E-state index in [4.69, 9.17) is 0 Å². The zero-order chi connectivity index (χ0) is 18.0. The van der Waals surface area contributed by atoms with Crippen molar-refractivity contribution in [2.24, 2.45) is 0 Å². The van der Waals surface area contributed by atoms with Gasteiger partial charge < -0.3 is 15.2 Å². The summed E-state index contributed by atoms with van der Waals surface area (Å²) in [6.07, 6.45) is -2.26. The minimum atomic E-state index is -4.41. The van der Waals surface area contributed by atoms with E-state index in [-0.39, 0.29) is 17.5 Å². The molecule has 1 aliphatic rings. The Kier molecular flexibility index (Phi) is 4.60. The molecule has 1 saturated heterocycles. The lowest BCUT2D eigenvalue weighted by molar-refractivity contribution is -0.141. The number of nitrogens with one attached hydrogen (secondary N) is 2. The van der Waals surface area contributed by atoms with E-state index in [0.29, 0.717) is 37.6 Å². The Morgan fingerprint density at radius 1 is 1.28 bits per heavy atom. The van der Waals surface area contributed by atoms with Crippen molar-refractivity contribution in [2.45, 2.75) is 24.9 Å². The number of imidazole rings is 1. The molecule has 2 N–H and O–H groups in total. The molecule has 0 spiro atoms. The first kappa shape index (κ1) is 17.2. The highest BCUT2D eigenvalue weighted by Crippen LogP contribution is 2.32. The molecule has 0 aliphatic carbocycles. The van der Waals surface area contributed by atoms with Gasteiger partial charge in [-0.3, -0.25) is 4.79 Å². The number of alkyl halides is 3. The molecule has 1 amide bonds. The number of carbonyl (C=O) groups excluding carboxylic acids is 1. The third-order valence-corrected chi connectivity index (χ3v) is 4.22. The molecule has 0 unspecified atom stereocenters. The monoisotopic (exact) mass is 354 g/mol. The number of anilines is 1. The molecule has 10 heteroatoms. The van der Waals surface area contributed by atoms with Crippen molar-refractivity contribution < 1.29 is 18.0 Å². The van der Waals surface area contributed by atoms with Crippen molar-refractivity contribution in [1.82, 2.24) is 25.5 Å². The number of nitrogens with zero attached hydrogens (tertiary/aromatic N) is 4. The number of amides is 1. The van der Waals surface area contributed by atoms with Gasteiger partial charge in [0.1, 0.15) is 11.5 Å². The summed E-state index contributed by atoms with van der Waals surface area (Å²) < 4.78 is 37.9. The average molecular weight is 354 g/mol. The zero-order valence-electron chi connectivity index (χ0n) is 13.5. The first-order valence-electron chi connectivity index (χ1n) is 7.81. The number of H-pyrrole nitrogens is 1. The zero-order valence-corrected chi connectivity index (χ0v) is 13.5. The lowest BCUT2D eigenvalue weighted by Crippen LogP contribution is -2.34. The fraction of sp³-hybridized carbons (Fsp3) is 0.467. The number of hydrogen-bond acceptors (Lipinski definition) is 5. The molecule has 3 heterocycles. The maximum absolute atomic E-state index is 12.6. The third kappa shape index (κ3) is 3.72. The van der Waals surface area contributed by atoms with Gasteiger partial charge in [-0.1, -0.05) is 0 Å². The predicted octanol–water partition coefficient (Wildman–Crippen LogP) is 1.96. The Labute approximate surface area is 141 Å². The topological polar surface area (TPSA) is 86.8 Å². The lowest BCUT2D eigenvalue weighted by atomic mass is 9.96. The highest BCUT2D eigenvalue weighted by atomic mass is 19.4. The van der Waals surface area contributed by atoms with Crippen LogP contribution in [-0.4, -0.2) is 46.2 Å². The van der Waals surface area contributed by atoms with Gasteiger partial charge in [-0.15, -0.1) is 10.2 Å². The van der Waals surface area contributed by atoms with Crippen LogP contribution in [0.1, 0.15) is 40.8 Å². The van der Waals surface area contributed by atoms with Crippen LogP contribution in [0.4, 0.5) is 19.0 Å². The van der Waals surface area contributed by atoms with Gasteiger partial charge >= 0.3 is 6.18 Å². The summed E-state index contributed by atoms with van der Waals surface area (Å²) in [5.74, 6) is 0.649. The van der Waals surface area contributed by atoms with Gasteiger partial charge in [0.05, 0.1) is 6.20 Å². The predicted molar refractivity (Wildman–Crippen MR) is 83.2 cm³/mol. The highest BCUT2D eigenvalue weighted by molar-refractivity contribution is 5.91. The van der Waals surface area contributed by atoms with Gasteiger partial charge in [0, 0.05) is 26.1 Å². The summed E-state index contributed by atoms with van der Waals surface area (Å²) in [4.78, 5) is 19.7. The molecular weight excluding hydrogens is 337 g/mol. The van der Waals surface area contributed by atoms with Crippen molar-refractivity contribution in [3.05, 3.63) is 35.5 Å². The molecule has 7 nitrogen and oxygen atoms in total. The average Bonchev–Trinajstić information content (AvgIpc) is 3.12. The summed E-state index contributed by atoms with van der Waals surface area (Å²) >= 11 is 0. The normalized spacial score (nSPS) is 16.1. The fourth-order valence-electron chi connectivity index (χ4n) is 2.81. The number of carbonyl (C=O) groups is 1. The van der Waals surface area contributed by atoms with Crippen LogP contribution >= 0.6 is 0 Å². The number of hydrogen-bond donors (Lipinski definition) is 2. The van der Waals surface area contributed by atoms with E-state index in [2.05, 4.69) is 25.5 Å². The Morgan fingerprint density at radius 2 is 2.00 bits per heavy atom. The number of aromatic amines is 1. The second-order valence-electron chi connectivity index (χ2n) is 5.80. The first-order chi connectivity index (χ1) is 11.9. The van der Waals surface area contributed by atoms with Crippen LogP contribution < -0.4 is 10.2 Å². The molecular formula is C15H17F3N6O. The van der Waals surface area contributed by atoms with Gasteiger partial charge in [-0.05, 0) is 25.0 Å². The van der Waals surface area contributed by atoms with E-state index >= 15 is 0 Å².